The Morgan fingerprint density at radius 2 is 2.05 bits per heavy atom. The van der Waals surface area contributed by atoms with Crippen molar-refractivity contribution in [3.63, 3.8) is 0 Å². The normalized spacial score (nSPS) is 14.9. The highest BCUT2D eigenvalue weighted by Crippen LogP contribution is 2.19. The average molecular weight is 275 g/mol. The highest BCUT2D eigenvalue weighted by atomic mass is 16.3. The van der Waals surface area contributed by atoms with Crippen LogP contribution in [0, 0.1) is 5.92 Å². The number of azide groups is 1. The smallest absolute Gasteiger partial charge is 0.168 e. The SMILES string of the molecule is CCC[C@@H](C[C@@H](O)[C@H](C)C(=O)c1ccccc1)N=[N+]=[N-]. The van der Waals surface area contributed by atoms with Crippen LogP contribution >= 0.6 is 0 Å². The van der Waals surface area contributed by atoms with E-state index in [2.05, 4.69) is 10.0 Å². The van der Waals surface area contributed by atoms with Crippen LogP contribution in [0.2, 0.25) is 0 Å². The van der Waals surface area contributed by atoms with Crippen molar-refractivity contribution >= 4 is 5.78 Å². The molecule has 108 valence electrons. The minimum atomic E-state index is -0.801. The van der Waals surface area contributed by atoms with Gasteiger partial charge in [-0.2, -0.15) is 0 Å². The first-order valence-electron chi connectivity index (χ1n) is 6.91. The summed E-state index contributed by atoms with van der Waals surface area (Å²) in [4.78, 5) is 15.0. The molecule has 5 heteroatoms. The predicted molar refractivity (Wildman–Crippen MR) is 78.4 cm³/mol. The van der Waals surface area contributed by atoms with Gasteiger partial charge in [0, 0.05) is 22.4 Å². The molecule has 0 saturated heterocycles. The van der Waals surface area contributed by atoms with Gasteiger partial charge in [0.1, 0.15) is 0 Å². The maximum atomic E-state index is 12.2. The van der Waals surface area contributed by atoms with E-state index in [4.69, 9.17) is 5.53 Å². The Balaban J connectivity index is 2.68. The number of rotatable bonds is 8. The van der Waals surface area contributed by atoms with Gasteiger partial charge in [-0.05, 0) is 18.4 Å². The molecule has 1 N–H and O–H groups in total. The van der Waals surface area contributed by atoms with Crippen molar-refractivity contribution in [3.8, 4) is 0 Å². The Kier molecular flexibility index (Phi) is 6.77. The number of hydrogen-bond acceptors (Lipinski definition) is 3. The zero-order chi connectivity index (χ0) is 15.0. The summed E-state index contributed by atoms with van der Waals surface area (Å²) in [6.45, 7) is 3.70. The van der Waals surface area contributed by atoms with Crippen LogP contribution in [-0.2, 0) is 0 Å². The Labute approximate surface area is 119 Å². The Morgan fingerprint density at radius 3 is 2.60 bits per heavy atom. The quantitative estimate of drug-likeness (QED) is 0.339. The van der Waals surface area contributed by atoms with Gasteiger partial charge in [0.05, 0.1) is 6.10 Å². The third-order valence-corrected chi connectivity index (χ3v) is 3.40. The standard InChI is InChI=1S/C15H21N3O2/c1-3-7-13(17-18-16)10-14(19)11(2)15(20)12-8-5-4-6-9-12/h4-6,8-9,11,13-14,19H,3,7,10H2,1-2H3/t11-,13-,14+/m0/s1. The van der Waals surface area contributed by atoms with Gasteiger partial charge < -0.3 is 5.11 Å². The van der Waals surface area contributed by atoms with E-state index in [1.54, 1.807) is 31.2 Å². The number of Topliss-reactive ketones (excluding diaryl/α,β-unsaturated/α-hetero) is 1. The summed E-state index contributed by atoms with van der Waals surface area (Å²) < 4.78 is 0. The summed E-state index contributed by atoms with van der Waals surface area (Å²) >= 11 is 0. The molecule has 1 rings (SSSR count). The fourth-order valence-electron chi connectivity index (χ4n) is 2.15. The number of aliphatic hydroxyl groups excluding tert-OH is 1. The molecule has 0 unspecified atom stereocenters. The Bertz CT molecular complexity index is 469. The molecular weight excluding hydrogens is 254 g/mol. The molecule has 0 aromatic heterocycles. The van der Waals surface area contributed by atoms with Gasteiger partial charge in [-0.3, -0.25) is 4.79 Å². The highest BCUT2D eigenvalue weighted by Gasteiger charge is 2.25. The number of nitrogens with zero attached hydrogens (tertiary/aromatic N) is 3. The van der Waals surface area contributed by atoms with Crippen molar-refractivity contribution in [2.45, 2.75) is 45.3 Å². The summed E-state index contributed by atoms with van der Waals surface area (Å²) in [5.74, 6) is -0.597. The van der Waals surface area contributed by atoms with Crippen molar-refractivity contribution in [2.75, 3.05) is 0 Å². The zero-order valence-electron chi connectivity index (χ0n) is 11.9. The second kappa shape index (κ2) is 8.35. The largest absolute Gasteiger partial charge is 0.392 e. The van der Waals surface area contributed by atoms with Crippen molar-refractivity contribution in [1.82, 2.24) is 0 Å². The number of hydrogen-bond donors (Lipinski definition) is 1. The Morgan fingerprint density at radius 1 is 1.40 bits per heavy atom. The summed E-state index contributed by atoms with van der Waals surface area (Å²) in [6.07, 6.45) is 1.10. The van der Waals surface area contributed by atoms with Crippen molar-refractivity contribution in [2.24, 2.45) is 11.0 Å². The first kappa shape index (κ1) is 16.2. The maximum absolute atomic E-state index is 12.2. The van der Waals surface area contributed by atoms with Crippen LogP contribution in [0.25, 0.3) is 10.4 Å². The van der Waals surface area contributed by atoms with Gasteiger partial charge in [-0.15, -0.1) is 0 Å². The summed E-state index contributed by atoms with van der Waals surface area (Å²) in [7, 11) is 0. The lowest BCUT2D eigenvalue weighted by atomic mass is 9.90. The minimum absolute atomic E-state index is 0.0886. The predicted octanol–water partition coefficient (Wildman–Crippen LogP) is 3.74. The highest BCUT2D eigenvalue weighted by molar-refractivity contribution is 5.97. The monoisotopic (exact) mass is 275 g/mol. The van der Waals surface area contributed by atoms with E-state index in [0.717, 1.165) is 6.42 Å². The van der Waals surface area contributed by atoms with E-state index in [-0.39, 0.29) is 11.8 Å². The molecule has 1 aromatic rings. The fraction of sp³-hybridized carbons (Fsp3) is 0.533. The molecule has 3 atom stereocenters. The van der Waals surface area contributed by atoms with Crippen molar-refractivity contribution in [1.29, 1.82) is 0 Å². The average Bonchev–Trinajstić information content (AvgIpc) is 2.47. The Hall–Kier alpha value is -1.84. The van der Waals surface area contributed by atoms with Gasteiger partial charge in [-0.1, -0.05) is 55.7 Å². The van der Waals surface area contributed by atoms with E-state index >= 15 is 0 Å². The molecule has 0 radical (unpaired) electrons. The number of carbonyl (C=O) groups is 1. The third kappa shape index (κ3) is 4.68. The van der Waals surface area contributed by atoms with Gasteiger partial charge in [0.15, 0.2) is 5.78 Å². The summed E-state index contributed by atoms with van der Waals surface area (Å²) in [5, 5.41) is 13.8. The summed E-state index contributed by atoms with van der Waals surface area (Å²) in [5.41, 5.74) is 9.10. The third-order valence-electron chi connectivity index (χ3n) is 3.40. The van der Waals surface area contributed by atoms with Gasteiger partial charge in [0.25, 0.3) is 0 Å². The number of aliphatic hydroxyl groups is 1. The van der Waals surface area contributed by atoms with Crippen LogP contribution < -0.4 is 0 Å². The molecular formula is C15H21N3O2. The lowest BCUT2D eigenvalue weighted by Crippen LogP contribution is -2.29. The van der Waals surface area contributed by atoms with Crippen LogP contribution in [0.15, 0.2) is 35.4 Å². The van der Waals surface area contributed by atoms with E-state index in [1.165, 1.54) is 0 Å². The van der Waals surface area contributed by atoms with Gasteiger partial charge in [-0.25, -0.2) is 0 Å². The molecule has 20 heavy (non-hydrogen) atoms. The fourth-order valence-corrected chi connectivity index (χ4v) is 2.15. The molecule has 0 spiro atoms. The topological polar surface area (TPSA) is 86.1 Å². The van der Waals surface area contributed by atoms with E-state index in [1.807, 2.05) is 13.0 Å². The first-order chi connectivity index (χ1) is 9.60. The van der Waals surface area contributed by atoms with E-state index in [9.17, 15) is 9.90 Å². The lowest BCUT2D eigenvalue weighted by molar-refractivity contribution is 0.0667. The molecule has 5 nitrogen and oxygen atoms in total. The second-order valence-corrected chi connectivity index (χ2v) is 4.97. The van der Waals surface area contributed by atoms with Gasteiger partial charge >= 0.3 is 0 Å². The second-order valence-electron chi connectivity index (χ2n) is 4.97. The maximum Gasteiger partial charge on any atom is 0.168 e. The van der Waals surface area contributed by atoms with Crippen LogP contribution in [0.4, 0.5) is 0 Å². The molecule has 0 heterocycles. The molecule has 0 bridgehead atoms. The van der Waals surface area contributed by atoms with Crippen LogP contribution in [0.1, 0.15) is 43.5 Å². The van der Waals surface area contributed by atoms with E-state index in [0.29, 0.717) is 18.4 Å². The molecule has 0 saturated carbocycles. The minimum Gasteiger partial charge on any atom is -0.392 e. The zero-order valence-corrected chi connectivity index (χ0v) is 11.9. The number of carbonyl (C=O) groups excluding carboxylic acids is 1. The molecule has 0 amide bonds. The van der Waals surface area contributed by atoms with Gasteiger partial charge in [0.2, 0.25) is 0 Å². The number of ketones is 1. The molecule has 1 aromatic carbocycles. The van der Waals surface area contributed by atoms with Crippen LogP contribution in [0.3, 0.4) is 0 Å². The van der Waals surface area contributed by atoms with Crippen molar-refractivity contribution < 1.29 is 9.90 Å². The first-order valence-corrected chi connectivity index (χ1v) is 6.91. The molecule has 0 aliphatic carbocycles. The number of benzene rings is 1. The molecule has 0 fully saturated rings. The van der Waals surface area contributed by atoms with Crippen LogP contribution in [0.5, 0.6) is 0 Å². The molecule has 0 aliphatic rings. The molecule has 0 aliphatic heterocycles. The summed E-state index contributed by atoms with van der Waals surface area (Å²) in [6, 6.07) is 8.66. The van der Waals surface area contributed by atoms with E-state index < -0.39 is 12.0 Å². The van der Waals surface area contributed by atoms with Crippen molar-refractivity contribution in [3.05, 3.63) is 46.3 Å². The van der Waals surface area contributed by atoms with Crippen LogP contribution in [-0.4, -0.2) is 23.0 Å². The lowest BCUT2D eigenvalue weighted by Gasteiger charge is -2.20.